The summed E-state index contributed by atoms with van der Waals surface area (Å²) >= 11 is 5.85. The van der Waals surface area contributed by atoms with Crippen molar-refractivity contribution in [1.82, 2.24) is 47.9 Å². The monoisotopic (exact) mass is 1220 g/mol. The van der Waals surface area contributed by atoms with E-state index in [-0.39, 0.29) is 45.2 Å². The molecule has 1 aliphatic rings. The molecule has 0 aromatic carbocycles. The lowest BCUT2D eigenvalue weighted by atomic mass is 10.0. The Labute approximate surface area is 490 Å². The molecule has 9 amide bonds. The van der Waals surface area contributed by atoms with E-state index < -0.39 is 194 Å². The van der Waals surface area contributed by atoms with Gasteiger partial charge in [0.2, 0.25) is 47.3 Å². The lowest BCUT2D eigenvalue weighted by Crippen LogP contribution is -2.62. The Morgan fingerprint density at radius 2 is 1.13 bits per heavy atom. The van der Waals surface area contributed by atoms with Crippen LogP contribution in [0, 0.1) is 0 Å². The van der Waals surface area contributed by atoms with E-state index in [1.54, 1.807) is 0 Å². The van der Waals surface area contributed by atoms with Crippen LogP contribution in [-0.2, 0) is 62.3 Å². The Hall–Kier alpha value is -6.65. The van der Waals surface area contributed by atoms with E-state index in [0.717, 1.165) is 64.9 Å². The lowest BCUT2D eigenvalue weighted by molar-refractivity contribution is -0.155. The van der Waals surface area contributed by atoms with Gasteiger partial charge in [-0.2, -0.15) is 0 Å². The minimum Gasteiger partial charge on any atom is -0.481 e. The van der Waals surface area contributed by atoms with Gasteiger partial charge in [0.15, 0.2) is 12.1 Å². The number of hydrogen-bond donors (Lipinski definition) is 19. The normalized spacial score (nSPS) is 24.8. The molecule has 1 heterocycles. The highest BCUT2D eigenvalue weighted by Gasteiger charge is 2.41. The smallest absolute Gasteiger partial charge is 0.335 e. The first-order valence-corrected chi connectivity index (χ1v) is 28.3. The number of aliphatic carboxylic acids is 2. The van der Waals surface area contributed by atoms with E-state index in [2.05, 4.69) is 44.1 Å². The van der Waals surface area contributed by atoms with Crippen molar-refractivity contribution in [2.24, 2.45) is 17.2 Å². The summed E-state index contributed by atoms with van der Waals surface area (Å²) in [6, 6.07) is -16.1. The van der Waals surface area contributed by atoms with Crippen LogP contribution in [0.15, 0.2) is 11.8 Å². The molecule has 13 atom stereocenters. The molecule has 22 N–H and O–H groups in total. The molecule has 32 nitrogen and oxygen atoms in total. The van der Waals surface area contributed by atoms with Crippen LogP contribution in [0.5, 0.6) is 0 Å². The number of ether oxygens (including phenoxy) is 1. The maximum atomic E-state index is 14.2. The topological polar surface area (TPSA) is 542 Å². The number of hydrogen-bond acceptors (Lipinski definition) is 21. The molecular formula is C51H87ClN12O20. The highest BCUT2D eigenvalue weighted by Crippen LogP contribution is 2.15. The number of nitrogens with one attached hydrogen (secondary N) is 9. The minimum absolute atomic E-state index is 0.0826. The fraction of sp³-hybridized carbons (Fsp3) is 0.725. The Morgan fingerprint density at radius 1 is 0.619 bits per heavy atom. The molecule has 1 aliphatic heterocycles. The molecule has 0 radical (unpaired) electrons. The molecule has 1 saturated heterocycles. The Kier molecular flexibility index (Phi) is 36.4. The molecule has 1 rings (SSSR count). The van der Waals surface area contributed by atoms with Crippen molar-refractivity contribution in [2.45, 2.75) is 202 Å². The minimum atomic E-state index is -2.85. The average molecular weight is 1220 g/mol. The summed E-state index contributed by atoms with van der Waals surface area (Å²) in [5, 5.41) is 92.6. The van der Waals surface area contributed by atoms with Crippen LogP contribution >= 0.6 is 11.6 Å². The molecule has 1 fully saturated rings. The summed E-state index contributed by atoms with van der Waals surface area (Å²) in [6.45, 7) is 2.45. The second-order valence-corrected chi connectivity index (χ2v) is 20.3. The van der Waals surface area contributed by atoms with Crippen LogP contribution < -0.4 is 65.1 Å². The second kappa shape index (κ2) is 40.6. The number of carbonyl (C=O) groups is 12. The lowest BCUT2D eigenvalue weighted by Gasteiger charge is -2.28. The van der Waals surface area contributed by atoms with Crippen LogP contribution in [0.2, 0.25) is 0 Å². The van der Waals surface area contributed by atoms with Gasteiger partial charge in [0.25, 0.3) is 5.91 Å². The number of carboxylic acids is 2. The summed E-state index contributed by atoms with van der Waals surface area (Å²) in [4.78, 5) is 163. The first-order valence-electron chi connectivity index (χ1n) is 27.8. The highest BCUT2D eigenvalue weighted by atomic mass is 35.5. The molecule has 0 aliphatic carbocycles. The number of carbonyl (C=O) groups excluding carboxylic acids is 10. The van der Waals surface area contributed by atoms with Crippen molar-refractivity contribution in [1.29, 1.82) is 0 Å². The summed E-state index contributed by atoms with van der Waals surface area (Å²) in [7, 11) is 0. The standard InChI is InChI=1S/C51H87ClN12O20/c1-4-6-7-8-9-10-11-12-16-33(66)34(67)23-36(69)56-32-25-84-51(83)39(35(68)24-52)63-49(80)40(41(72)50(81)82)64-42(73)27(5-2)57-48(79)38(26(3)65)62-45(76)30(18-21-55)59-43(74)28(15-13-14-19-53)58-46(77)31(22-37(70)71)61-44(75)29(17-20-54)60-47(32)78/h5,26,28-35,38-41,65-68,72H,4,6-25,53-55H2,1-3H3,(H,56,69)(H,57,79)(H,58,77)(H,59,74)(H,60,78)(H,61,75)(H,62,76)(H,63,80)(H,64,73)(H,70,71)(H,81,82)/b27-5-. The van der Waals surface area contributed by atoms with E-state index in [0.29, 0.717) is 6.42 Å². The molecule has 0 bridgehead atoms. The molecule has 33 heteroatoms. The third-order valence-corrected chi connectivity index (χ3v) is 13.4. The van der Waals surface area contributed by atoms with E-state index >= 15 is 0 Å². The van der Waals surface area contributed by atoms with Crippen molar-refractivity contribution in [3.8, 4) is 0 Å². The number of carboxylic acid groups (broad SMARTS) is 2. The van der Waals surface area contributed by atoms with Gasteiger partial charge in [-0.25, -0.2) is 9.59 Å². The zero-order valence-corrected chi connectivity index (χ0v) is 48.2. The van der Waals surface area contributed by atoms with Gasteiger partial charge in [-0.1, -0.05) is 64.4 Å². The van der Waals surface area contributed by atoms with Crippen LogP contribution in [0.1, 0.15) is 124 Å². The number of esters is 1. The molecule has 13 unspecified atom stereocenters. The highest BCUT2D eigenvalue weighted by molar-refractivity contribution is 6.18. The largest absolute Gasteiger partial charge is 0.481 e. The van der Waals surface area contributed by atoms with E-state index in [1.807, 2.05) is 10.6 Å². The summed E-state index contributed by atoms with van der Waals surface area (Å²) in [6.07, 6.45) is -4.17. The molecule has 0 saturated carbocycles. The van der Waals surface area contributed by atoms with Crippen LogP contribution in [0.4, 0.5) is 0 Å². The van der Waals surface area contributed by atoms with Gasteiger partial charge in [0.1, 0.15) is 54.6 Å². The number of rotatable bonds is 28. The number of allylic oxidation sites excluding steroid dienone is 1. The number of unbranched alkanes of at least 4 members (excludes halogenated alkanes) is 8. The predicted molar refractivity (Wildman–Crippen MR) is 297 cm³/mol. The van der Waals surface area contributed by atoms with Crippen molar-refractivity contribution in [3.05, 3.63) is 11.8 Å². The Bertz CT molecular complexity index is 2230. The number of nitrogens with two attached hydrogens (primary N) is 3. The van der Waals surface area contributed by atoms with Gasteiger partial charge < -0.3 is 106 Å². The SMILES string of the molecule is C/C=C1\NC(=O)C(C(C)O)NC(=O)C(CCN)NC(=O)C(CCCCN)NC(=O)C(CC(=O)O)NC(=O)C(CCN)NC(=O)C(NC(=O)CC(O)C(O)CCCCCCCCCC)COC(=O)C(C(O)CCl)NC(=O)C(C(O)C(=O)O)NC1=O. The second-order valence-electron chi connectivity index (χ2n) is 20.0. The molecule has 0 aromatic rings. The fourth-order valence-electron chi connectivity index (χ4n) is 8.23. The van der Waals surface area contributed by atoms with Crippen molar-refractivity contribution in [3.63, 3.8) is 0 Å². The number of aliphatic hydroxyl groups is 5. The van der Waals surface area contributed by atoms with Gasteiger partial charge in [-0.15, -0.1) is 11.6 Å². The van der Waals surface area contributed by atoms with Crippen LogP contribution in [-0.4, -0.2) is 218 Å². The molecular weight excluding hydrogens is 1140 g/mol. The molecule has 0 spiro atoms. The predicted octanol–water partition coefficient (Wildman–Crippen LogP) is -6.19. The molecule has 478 valence electrons. The zero-order chi connectivity index (χ0) is 63.6. The van der Waals surface area contributed by atoms with Gasteiger partial charge in [0.05, 0.1) is 43.1 Å². The fourth-order valence-corrected chi connectivity index (χ4v) is 8.40. The van der Waals surface area contributed by atoms with E-state index in [9.17, 15) is 93.3 Å². The first-order chi connectivity index (χ1) is 39.7. The summed E-state index contributed by atoms with van der Waals surface area (Å²) in [5.74, 6) is -18.2. The zero-order valence-electron chi connectivity index (χ0n) is 47.5. The van der Waals surface area contributed by atoms with E-state index in [4.69, 9.17) is 33.5 Å². The number of alkyl halides is 1. The number of amides is 9. The van der Waals surface area contributed by atoms with E-state index in [1.165, 1.54) is 0 Å². The van der Waals surface area contributed by atoms with Gasteiger partial charge in [0, 0.05) is 0 Å². The first kappa shape index (κ1) is 75.4. The third kappa shape index (κ3) is 27.4. The number of aliphatic hydroxyl groups excluding tert-OH is 5. The molecule has 84 heavy (non-hydrogen) atoms. The van der Waals surface area contributed by atoms with Crippen LogP contribution in [0.25, 0.3) is 0 Å². The van der Waals surface area contributed by atoms with Crippen LogP contribution in [0.3, 0.4) is 0 Å². The van der Waals surface area contributed by atoms with Gasteiger partial charge in [-0.3, -0.25) is 47.9 Å². The molecule has 0 aromatic heterocycles. The van der Waals surface area contributed by atoms with Crippen molar-refractivity contribution < 1.29 is 98.0 Å². The van der Waals surface area contributed by atoms with Crippen molar-refractivity contribution >= 4 is 82.7 Å². The quantitative estimate of drug-likeness (QED) is 0.0150. The Balaban J connectivity index is 4.04. The average Bonchev–Trinajstić information content (AvgIpc) is 3.64. The number of cyclic esters (lactones) is 1. The number of halogens is 1. The summed E-state index contributed by atoms with van der Waals surface area (Å²) in [5.41, 5.74) is 16.4. The maximum absolute atomic E-state index is 14.2. The van der Waals surface area contributed by atoms with Gasteiger partial charge >= 0.3 is 17.9 Å². The third-order valence-electron chi connectivity index (χ3n) is 13.1. The van der Waals surface area contributed by atoms with Gasteiger partial charge in [-0.05, 0) is 72.0 Å². The Morgan fingerprint density at radius 3 is 1.64 bits per heavy atom. The summed E-state index contributed by atoms with van der Waals surface area (Å²) < 4.78 is 5.24. The maximum Gasteiger partial charge on any atom is 0.335 e. The van der Waals surface area contributed by atoms with Crippen molar-refractivity contribution in [2.75, 3.05) is 32.1 Å².